The average Bonchev–Trinajstić information content (AvgIpc) is 2.04. The van der Waals surface area contributed by atoms with Gasteiger partial charge < -0.3 is 5.11 Å². The highest BCUT2D eigenvalue weighted by Gasteiger charge is 2.14. The first-order valence-electron chi connectivity index (χ1n) is 4.00. The quantitative estimate of drug-likeness (QED) is 0.718. The second-order valence-electron chi connectivity index (χ2n) is 3.05. The summed E-state index contributed by atoms with van der Waals surface area (Å²) >= 11 is 0. The van der Waals surface area contributed by atoms with Gasteiger partial charge in [0.25, 0.3) is 0 Å². The number of alkyl halides is 1. The van der Waals surface area contributed by atoms with Gasteiger partial charge in [0.2, 0.25) is 0 Å². The molecule has 0 aromatic heterocycles. The zero-order chi connectivity index (χ0) is 9.14. The van der Waals surface area contributed by atoms with Gasteiger partial charge in [-0.1, -0.05) is 29.8 Å². The summed E-state index contributed by atoms with van der Waals surface area (Å²) in [5, 5.41) is 8.97. The van der Waals surface area contributed by atoms with E-state index in [1.54, 1.807) is 12.1 Å². The topological polar surface area (TPSA) is 20.2 Å². The lowest BCUT2D eigenvalue weighted by molar-refractivity contribution is 0.0933. The Morgan fingerprint density at radius 3 is 2.17 bits per heavy atom. The van der Waals surface area contributed by atoms with Crippen LogP contribution >= 0.6 is 0 Å². The summed E-state index contributed by atoms with van der Waals surface area (Å²) in [4.78, 5) is 0. The van der Waals surface area contributed by atoms with Crippen LogP contribution in [0.25, 0.3) is 0 Å². The van der Waals surface area contributed by atoms with Crippen molar-refractivity contribution in [3.05, 3.63) is 35.4 Å². The van der Waals surface area contributed by atoms with Crippen molar-refractivity contribution < 1.29 is 9.50 Å². The Balaban J connectivity index is 2.82. The predicted molar refractivity (Wildman–Crippen MR) is 46.7 cm³/mol. The third-order valence-corrected chi connectivity index (χ3v) is 1.82. The SMILES string of the molecule is Cc1ccc(C(F)C(C)O)cc1. The van der Waals surface area contributed by atoms with Crippen molar-refractivity contribution in [1.29, 1.82) is 0 Å². The molecular formula is C10H13FO. The molecule has 1 aromatic rings. The van der Waals surface area contributed by atoms with Crippen LogP contribution < -0.4 is 0 Å². The highest BCUT2D eigenvalue weighted by atomic mass is 19.1. The number of hydrogen-bond donors (Lipinski definition) is 1. The number of rotatable bonds is 2. The van der Waals surface area contributed by atoms with Crippen molar-refractivity contribution in [2.45, 2.75) is 26.1 Å². The van der Waals surface area contributed by atoms with Gasteiger partial charge in [-0.15, -0.1) is 0 Å². The smallest absolute Gasteiger partial charge is 0.151 e. The highest BCUT2D eigenvalue weighted by molar-refractivity contribution is 5.23. The van der Waals surface area contributed by atoms with Crippen LogP contribution in [0.1, 0.15) is 24.2 Å². The van der Waals surface area contributed by atoms with Crippen molar-refractivity contribution in [1.82, 2.24) is 0 Å². The first kappa shape index (κ1) is 9.20. The van der Waals surface area contributed by atoms with Crippen molar-refractivity contribution in [2.24, 2.45) is 0 Å². The van der Waals surface area contributed by atoms with Gasteiger partial charge in [-0.05, 0) is 19.4 Å². The third-order valence-electron chi connectivity index (χ3n) is 1.82. The van der Waals surface area contributed by atoms with Gasteiger partial charge in [0.05, 0.1) is 6.10 Å². The minimum Gasteiger partial charge on any atom is -0.390 e. The van der Waals surface area contributed by atoms with Crippen LogP contribution in [0, 0.1) is 6.92 Å². The van der Waals surface area contributed by atoms with Crippen LogP contribution in [-0.4, -0.2) is 11.2 Å². The van der Waals surface area contributed by atoms with Crippen molar-refractivity contribution in [2.75, 3.05) is 0 Å². The third kappa shape index (κ3) is 2.05. The van der Waals surface area contributed by atoms with E-state index in [0.29, 0.717) is 5.56 Å². The number of aliphatic hydroxyl groups excluding tert-OH is 1. The standard InChI is InChI=1S/C10H13FO/c1-7-3-5-9(6-4-7)10(11)8(2)12/h3-6,8,10,12H,1-2H3. The second-order valence-corrected chi connectivity index (χ2v) is 3.05. The first-order chi connectivity index (χ1) is 5.61. The van der Waals surface area contributed by atoms with Crippen LogP contribution in [-0.2, 0) is 0 Å². The fourth-order valence-corrected chi connectivity index (χ4v) is 1.03. The number of benzene rings is 1. The molecule has 0 amide bonds. The van der Waals surface area contributed by atoms with Crippen molar-refractivity contribution >= 4 is 0 Å². The minimum atomic E-state index is -1.27. The molecule has 2 atom stereocenters. The Labute approximate surface area is 71.9 Å². The van der Waals surface area contributed by atoms with Gasteiger partial charge >= 0.3 is 0 Å². The Morgan fingerprint density at radius 2 is 1.75 bits per heavy atom. The van der Waals surface area contributed by atoms with E-state index in [9.17, 15) is 4.39 Å². The molecule has 0 saturated heterocycles. The fourth-order valence-electron chi connectivity index (χ4n) is 1.03. The molecule has 0 spiro atoms. The summed E-state index contributed by atoms with van der Waals surface area (Å²) < 4.78 is 13.1. The van der Waals surface area contributed by atoms with E-state index in [1.807, 2.05) is 19.1 Å². The Hall–Kier alpha value is -0.890. The van der Waals surface area contributed by atoms with Crippen molar-refractivity contribution in [3.8, 4) is 0 Å². The monoisotopic (exact) mass is 168 g/mol. The molecule has 2 heteroatoms. The Bertz CT molecular complexity index is 241. The summed E-state index contributed by atoms with van der Waals surface area (Å²) in [6, 6.07) is 7.08. The molecule has 1 rings (SSSR count). The lowest BCUT2D eigenvalue weighted by atomic mass is 10.1. The molecule has 66 valence electrons. The van der Waals surface area contributed by atoms with E-state index >= 15 is 0 Å². The molecular weight excluding hydrogens is 155 g/mol. The summed E-state index contributed by atoms with van der Waals surface area (Å²) in [5.41, 5.74) is 1.63. The molecule has 0 aliphatic heterocycles. The average molecular weight is 168 g/mol. The largest absolute Gasteiger partial charge is 0.390 e. The van der Waals surface area contributed by atoms with Gasteiger partial charge in [-0.25, -0.2) is 4.39 Å². The van der Waals surface area contributed by atoms with Gasteiger partial charge in [0.15, 0.2) is 6.17 Å². The maximum absolute atomic E-state index is 13.1. The Morgan fingerprint density at radius 1 is 1.25 bits per heavy atom. The molecule has 0 aliphatic carbocycles. The number of hydrogen-bond acceptors (Lipinski definition) is 1. The van der Waals surface area contributed by atoms with Crippen LogP contribution in [0.5, 0.6) is 0 Å². The summed E-state index contributed by atoms with van der Waals surface area (Å²) in [7, 11) is 0. The molecule has 2 unspecified atom stereocenters. The lowest BCUT2D eigenvalue weighted by Crippen LogP contribution is -2.09. The molecule has 0 heterocycles. The predicted octanol–water partition coefficient (Wildman–Crippen LogP) is 2.39. The summed E-state index contributed by atoms with van der Waals surface area (Å²) in [6.07, 6.45) is -2.21. The molecule has 0 radical (unpaired) electrons. The molecule has 0 saturated carbocycles. The minimum absolute atomic E-state index is 0.538. The molecule has 0 bridgehead atoms. The summed E-state index contributed by atoms with van der Waals surface area (Å²) in [5.74, 6) is 0. The number of halogens is 1. The zero-order valence-electron chi connectivity index (χ0n) is 7.29. The summed E-state index contributed by atoms with van der Waals surface area (Å²) in [6.45, 7) is 3.39. The van der Waals surface area contributed by atoms with Gasteiger partial charge in [0, 0.05) is 0 Å². The highest BCUT2D eigenvalue weighted by Crippen LogP contribution is 2.21. The van der Waals surface area contributed by atoms with E-state index in [2.05, 4.69) is 0 Å². The van der Waals surface area contributed by atoms with E-state index in [-0.39, 0.29) is 0 Å². The number of aryl methyl sites for hydroxylation is 1. The van der Waals surface area contributed by atoms with Crippen LogP contribution in [0.4, 0.5) is 4.39 Å². The molecule has 12 heavy (non-hydrogen) atoms. The maximum Gasteiger partial charge on any atom is 0.151 e. The van der Waals surface area contributed by atoms with Gasteiger partial charge in [-0.2, -0.15) is 0 Å². The second kappa shape index (κ2) is 3.68. The van der Waals surface area contributed by atoms with Crippen LogP contribution in [0.3, 0.4) is 0 Å². The van der Waals surface area contributed by atoms with E-state index in [0.717, 1.165) is 5.56 Å². The van der Waals surface area contributed by atoms with Crippen LogP contribution in [0.2, 0.25) is 0 Å². The molecule has 1 N–H and O–H groups in total. The van der Waals surface area contributed by atoms with Crippen LogP contribution in [0.15, 0.2) is 24.3 Å². The Kier molecular flexibility index (Phi) is 2.82. The van der Waals surface area contributed by atoms with E-state index in [4.69, 9.17) is 5.11 Å². The molecule has 0 aliphatic rings. The van der Waals surface area contributed by atoms with Gasteiger partial charge in [-0.3, -0.25) is 0 Å². The van der Waals surface area contributed by atoms with E-state index < -0.39 is 12.3 Å². The fraction of sp³-hybridized carbons (Fsp3) is 0.400. The molecule has 1 nitrogen and oxygen atoms in total. The zero-order valence-corrected chi connectivity index (χ0v) is 7.29. The normalized spacial score (nSPS) is 15.7. The van der Waals surface area contributed by atoms with Crippen molar-refractivity contribution in [3.63, 3.8) is 0 Å². The van der Waals surface area contributed by atoms with E-state index in [1.165, 1.54) is 6.92 Å². The maximum atomic E-state index is 13.1. The molecule has 0 fully saturated rings. The molecule has 1 aromatic carbocycles. The first-order valence-corrected chi connectivity index (χ1v) is 4.00. The van der Waals surface area contributed by atoms with Gasteiger partial charge in [0.1, 0.15) is 0 Å². The lowest BCUT2D eigenvalue weighted by Gasteiger charge is -2.10. The number of aliphatic hydroxyl groups is 1.